The molecule has 1 saturated carbocycles. The van der Waals surface area contributed by atoms with E-state index in [1.165, 1.54) is 30.2 Å². The summed E-state index contributed by atoms with van der Waals surface area (Å²) in [7, 11) is -2.45. The second-order valence-electron chi connectivity index (χ2n) is 9.63. The summed E-state index contributed by atoms with van der Waals surface area (Å²) >= 11 is 18.5. The first-order valence-corrected chi connectivity index (χ1v) is 15.8. The highest BCUT2D eigenvalue weighted by Gasteiger charge is 2.33. The van der Waals surface area contributed by atoms with Gasteiger partial charge in [0.2, 0.25) is 21.8 Å². The summed E-state index contributed by atoms with van der Waals surface area (Å²) in [5.41, 5.74) is 0.853. The molecule has 2 aromatic rings. The summed E-state index contributed by atoms with van der Waals surface area (Å²) in [6, 6.07) is 8.66. The number of nitrogens with zero attached hydrogens (tertiary/aromatic N) is 2. The molecular formula is C27H34Cl3N3O5S. The Bertz CT molecular complexity index is 1290. The number of rotatable bonds is 11. The molecule has 0 spiro atoms. The molecule has 0 unspecified atom stereocenters. The molecule has 1 aliphatic carbocycles. The van der Waals surface area contributed by atoms with Crippen LogP contribution in [0.5, 0.6) is 5.75 Å². The molecule has 1 atom stereocenters. The van der Waals surface area contributed by atoms with E-state index in [-0.39, 0.29) is 29.2 Å². The number of ether oxygens (including phenoxy) is 1. The van der Waals surface area contributed by atoms with E-state index in [0.717, 1.165) is 42.7 Å². The molecule has 1 aliphatic rings. The van der Waals surface area contributed by atoms with Crippen LogP contribution in [0.3, 0.4) is 0 Å². The zero-order valence-electron chi connectivity index (χ0n) is 22.3. The lowest BCUT2D eigenvalue weighted by atomic mass is 9.95. The highest BCUT2D eigenvalue weighted by Crippen LogP contribution is 2.31. The number of benzene rings is 2. The van der Waals surface area contributed by atoms with Gasteiger partial charge in [-0.3, -0.25) is 13.9 Å². The summed E-state index contributed by atoms with van der Waals surface area (Å²) in [5.74, 6) is -0.452. The summed E-state index contributed by atoms with van der Waals surface area (Å²) in [6.07, 6.45) is 6.35. The van der Waals surface area contributed by atoms with Crippen LogP contribution in [0.2, 0.25) is 15.1 Å². The molecule has 0 bridgehead atoms. The normalized spacial score (nSPS) is 14.9. The average Bonchev–Trinajstić information content (AvgIpc) is 2.89. The highest BCUT2D eigenvalue weighted by atomic mass is 35.5. The molecule has 2 aromatic carbocycles. The summed E-state index contributed by atoms with van der Waals surface area (Å²) in [4.78, 5) is 28.7. The number of hydrogen-bond acceptors (Lipinski definition) is 5. The lowest BCUT2D eigenvalue weighted by Crippen LogP contribution is -2.53. The minimum Gasteiger partial charge on any atom is -0.495 e. The average molecular weight is 619 g/mol. The molecule has 214 valence electrons. The predicted molar refractivity (Wildman–Crippen MR) is 156 cm³/mol. The molecule has 12 heteroatoms. The van der Waals surface area contributed by atoms with Gasteiger partial charge in [-0.25, -0.2) is 8.42 Å². The summed E-state index contributed by atoms with van der Waals surface area (Å²) in [5, 5.41) is 3.97. The van der Waals surface area contributed by atoms with Gasteiger partial charge in [-0.2, -0.15) is 0 Å². The minimum atomic E-state index is -3.90. The molecule has 3 rings (SSSR count). The van der Waals surface area contributed by atoms with Crippen molar-refractivity contribution in [2.45, 2.75) is 64.1 Å². The van der Waals surface area contributed by atoms with Crippen molar-refractivity contribution in [3.05, 3.63) is 57.0 Å². The maximum Gasteiger partial charge on any atom is 0.244 e. The van der Waals surface area contributed by atoms with Gasteiger partial charge in [-0.15, -0.1) is 0 Å². The molecule has 2 amide bonds. The van der Waals surface area contributed by atoms with Crippen LogP contribution in [0.15, 0.2) is 36.4 Å². The number of hydrogen-bond donors (Lipinski definition) is 1. The van der Waals surface area contributed by atoms with E-state index >= 15 is 0 Å². The molecule has 1 fully saturated rings. The van der Waals surface area contributed by atoms with Crippen LogP contribution in [0.1, 0.15) is 51.0 Å². The molecule has 0 radical (unpaired) electrons. The minimum absolute atomic E-state index is 0.0350. The van der Waals surface area contributed by atoms with E-state index in [1.54, 1.807) is 18.2 Å². The van der Waals surface area contributed by atoms with Crippen molar-refractivity contribution >= 4 is 62.3 Å². The molecular weight excluding hydrogens is 585 g/mol. The van der Waals surface area contributed by atoms with E-state index in [4.69, 9.17) is 39.5 Å². The Kier molecular flexibility index (Phi) is 11.2. The van der Waals surface area contributed by atoms with E-state index in [1.807, 2.05) is 6.92 Å². The standard InChI is InChI=1S/C27H34Cl3N3O5S/c1-4-24(27(35)31-19-8-6-5-7-9-19)32(16-18-10-12-21(28)22(29)14-18)26(34)17-33(39(3,36)37)20-11-13-25(38-2)23(30)15-20/h10-15,19,24H,4-9,16-17H2,1-3H3,(H,31,35)/t24-/m1/s1. The van der Waals surface area contributed by atoms with E-state index in [9.17, 15) is 18.0 Å². The number of methoxy groups -OCH3 is 1. The molecule has 0 heterocycles. The van der Waals surface area contributed by atoms with Crippen LogP contribution < -0.4 is 14.4 Å². The topological polar surface area (TPSA) is 96.0 Å². The maximum absolute atomic E-state index is 13.9. The molecule has 0 aliphatic heterocycles. The predicted octanol–water partition coefficient (Wildman–Crippen LogP) is 5.68. The SMILES string of the molecule is CC[C@H](C(=O)NC1CCCCC1)N(Cc1ccc(Cl)c(Cl)c1)C(=O)CN(c1ccc(OC)c(Cl)c1)S(C)(=O)=O. The van der Waals surface area contributed by atoms with Gasteiger partial charge in [0.25, 0.3) is 0 Å². The molecule has 39 heavy (non-hydrogen) atoms. The van der Waals surface area contributed by atoms with Crippen molar-refractivity contribution in [1.82, 2.24) is 10.2 Å². The molecule has 1 N–H and O–H groups in total. The fourth-order valence-electron chi connectivity index (χ4n) is 4.72. The van der Waals surface area contributed by atoms with Crippen LogP contribution in [-0.4, -0.2) is 57.1 Å². The van der Waals surface area contributed by atoms with E-state index in [2.05, 4.69) is 5.32 Å². The van der Waals surface area contributed by atoms with Crippen LogP contribution in [0.25, 0.3) is 0 Å². The number of carbonyl (C=O) groups is 2. The summed E-state index contributed by atoms with van der Waals surface area (Å²) < 4.78 is 31.7. The van der Waals surface area contributed by atoms with E-state index in [0.29, 0.717) is 27.8 Å². The Balaban J connectivity index is 1.95. The third-order valence-electron chi connectivity index (χ3n) is 6.78. The third kappa shape index (κ3) is 8.39. The fraction of sp³-hybridized carbons (Fsp3) is 0.481. The van der Waals surface area contributed by atoms with Gasteiger partial charge in [0.15, 0.2) is 0 Å². The van der Waals surface area contributed by atoms with Crippen molar-refractivity contribution in [1.29, 1.82) is 0 Å². The Hall–Kier alpha value is -2.20. The van der Waals surface area contributed by atoms with Crippen LogP contribution in [0, 0.1) is 0 Å². The fourth-order valence-corrected chi connectivity index (χ4v) is 6.14. The second-order valence-corrected chi connectivity index (χ2v) is 12.8. The Labute approximate surface area is 245 Å². The second kappa shape index (κ2) is 13.9. The van der Waals surface area contributed by atoms with Gasteiger partial charge in [-0.1, -0.05) is 67.1 Å². The molecule has 0 aromatic heterocycles. The number of sulfonamides is 1. The number of carbonyl (C=O) groups excluding carboxylic acids is 2. The van der Waals surface area contributed by atoms with Crippen molar-refractivity contribution in [2.24, 2.45) is 0 Å². The van der Waals surface area contributed by atoms with Crippen molar-refractivity contribution in [2.75, 3.05) is 24.2 Å². The number of halogens is 3. The van der Waals surface area contributed by atoms with Crippen molar-refractivity contribution in [3.8, 4) is 5.75 Å². The quantitative estimate of drug-likeness (QED) is 0.350. The van der Waals surface area contributed by atoms with Gasteiger partial charge in [0.1, 0.15) is 18.3 Å². The van der Waals surface area contributed by atoms with Gasteiger partial charge < -0.3 is 15.0 Å². The van der Waals surface area contributed by atoms with Gasteiger partial charge in [0.05, 0.1) is 34.1 Å². The number of amides is 2. The Morgan fingerprint density at radius 1 is 1.03 bits per heavy atom. The zero-order valence-corrected chi connectivity index (χ0v) is 25.3. The molecule has 0 saturated heterocycles. The highest BCUT2D eigenvalue weighted by molar-refractivity contribution is 7.92. The largest absolute Gasteiger partial charge is 0.495 e. The van der Waals surface area contributed by atoms with Crippen molar-refractivity contribution < 1.29 is 22.7 Å². The first-order valence-electron chi connectivity index (χ1n) is 12.8. The maximum atomic E-state index is 13.9. The first-order chi connectivity index (χ1) is 18.4. The van der Waals surface area contributed by atoms with Gasteiger partial charge in [-0.05, 0) is 55.2 Å². The molecule has 8 nitrogen and oxygen atoms in total. The van der Waals surface area contributed by atoms with Crippen molar-refractivity contribution in [3.63, 3.8) is 0 Å². The lowest BCUT2D eigenvalue weighted by molar-refractivity contribution is -0.140. The number of anilines is 1. The van der Waals surface area contributed by atoms with Gasteiger partial charge in [0, 0.05) is 12.6 Å². The monoisotopic (exact) mass is 617 g/mol. The number of nitrogens with one attached hydrogen (secondary N) is 1. The Morgan fingerprint density at radius 3 is 2.28 bits per heavy atom. The van der Waals surface area contributed by atoms with Crippen LogP contribution in [0.4, 0.5) is 5.69 Å². The van der Waals surface area contributed by atoms with Gasteiger partial charge >= 0.3 is 0 Å². The zero-order chi connectivity index (χ0) is 28.7. The smallest absolute Gasteiger partial charge is 0.244 e. The lowest BCUT2D eigenvalue weighted by Gasteiger charge is -2.34. The van der Waals surface area contributed by atoms with E-state index < -0.39 is 28.5 Å². The summed E-state index contributed by atoms with van der Waals surface area (Å²) in [6.45, 7) is 1.32. The first kappa shape index (κ1) is 31.3. The Morgan fingerprint density at radius 2 is 1.72 bits per heavy atom. The van der Waals surface area contributed by atoms with Crippen LogP contribution in [-0.2, 0) is 26.2 Å². The third-order valence-corrected chi connectivity index (χ3v) is 8.95. The van der Waals surface area contributed by atoms with Crippen LogP contribution >= 0.6 is 34.8 Å².